The number of esters is 1. The molecule has 0 saturated carbocycles. The molecule has 28 heavy (non-hydrogen) atoms. The van der Waals surface area contributed by atoms with Gasteiger partial charge in [0.25, 0.3) is 5.56 Å². The summed E-state index contributed by atoms with van der Waals surface area (Å²) in [5.74, 6) is -1.09. The molecule has 3 aromatic rings. The molecule has 1 N–H and O–H groups in total. The second-order valence-corrected chi connectivity index (χ2v) is 5.92. The van der Waals surface area contributed by atoms with E-state index in [1.54, 1.807) is 37.3 Å². The number of amides is 1. The molecule has 1 aromatic heterocycles. The molecule has 0 radical (unpaired) electrons. The molecule has 7 nitrogen and oxygen atoms in total. The van der Waals surface area contributed by atoms with Crippen molar-refractivity contribution in [1.82, 2.24) is 9.78 Å². The van der Waals surface area contributed by atoms with E-state index in [9.17, 15) is 14.4 Å². The van der Waals surface area contributed by atoms with Crippen LogP contribution in [-0.2, 0) is 16.0 Å². The molecular formula is C21H19N3O4. The number of ether oxygens (including phenoxy) is 1. The van der Waals surface area contributed by atoms with Crippen LogP contribution in [-0.4, -0.2) is 28.3 Å². The molecule has 0 aliphatic heterocycles. The number of carbonyl (C=O) groups is 2. The third-order valence-corrected chi connectivity index (χ3v) is 3.88. The largest absolute Gasteiger partial charge is 0.461 e. The Bertz CT molecular complexity index is 1030. The second kappa shape index (κ2) is 8.77. The van der Waals surface area contributed by atoms with Gasteiger partial charge >= 0.3 is 5.97 Å². The minimum atomic E-state index is -0.720. The van der Waals surface area contributed by atoms with E-state index in [1.165, 1.54) is 6.07 Å². The first-order valence-electron chi connectivity index (χ1n) is 8.79. The highest BCUT2D eigenvalue weighted by molar-refractivity contribution is 6.00. The Labute approximate surface area is 161 Å². The van der Waals surface area contributed by atoms with Crippen LogP contribution in [0, 0.1) is 0 Å². The van der Waals surface area contributed by atoms with E-state index in [1.807, 2.05) is 30.3 Å². The van der Waals surface area contributed by atoms with E-state index in [0.29, 0.717) is 5.69 Å². The van der Waals surface area contributed by atoms with Gasteiger partial charge in [0.05, 0.1) is 24.4 Å². The number of carbonyl (C=O) groups excluding carboxylic acids is 2. The third-order valence-electron chi connectivity index (χ3n) is 3.88. The number of anilines is 1. The van der Waals surface area contributed by atoms with E-state index >= 15 is 0 Å². The van der Waals surface area contributed by atoms with Gasteiger partial charge in [-0.3, -0.25) is 9.59 Å². The lowest BCUT2D eigenvalue weighted by atomic mass is 10.1. The standard InChI is InChI=1S/C21H19N3O4/c1-2-28-21(27)20-17(22-18(25)13-15-9-5-3-6-10-15)14-19(26)24(23-20)16-11-7-4-8-12-16/h3-12,14H,2,13H2,1H3,(H,22,25). The van der Waals surface area contributed by atoms with Gasteiger partial charge in [-0.05, 0) is 24.6 Å². The third kappa shape index (κ3) is 4.50. The topological polar surface area (TPSA) is 90.3 Å². The van der Waals surface area contributed by atoms with Crippen molar-refractivity contribution in [3.8, 4) is 5.69 Å². The molecule has 1 heterocycles. The molecule has 3 rings (SSSR count). The predicted molar refractivity (Wildman–Crippen MR) is 105 cm³/mol. The van der Waals surface area contributed by atoms with Gasteiger partial charge in [-0.2, -0.15) is 9.78 Å². The molecule has 0 atom stereocenters. The van der Waals surface area contributed by atoms with Crippen LogP contribution in [0.15, 0.2) is 71.5 Å². The average molecular weight is 377 g/mol. The van der Waals surface area contributed by atoms with Crippen LogP contribution < -0.4 is 10.9 Å². The summed E-state index contributed by atoms with van der Waals surface area (Å²) in [5, 5.41) is 6.74. The Morgan fingerprint density at radius 1 is 1.04 bits per heavy atom. The minimum Gasteiger partial charge on any atom is -0.461 e. The Hall–Kier alpha value is -3.74. The number of rotatable bonds is 6. The zero-order valence-electron chi connectivity index (χ0n) is 15.3. The lowest BCUT2D eigenvalue weighted by molar-refractivity contribution is -0.115. The number of hydrogen-bond donors (Lipinski definition) is 1. The summed E-state index contributed by atoms with van der Waals surface area (Å²) in [5.41, 5.74) is 0.723. The summed E-state index contributed by atoms with van der Waals surface area (Å²) in [6.07, 6.45) is 0.102. The van der Waals surface area contributed by atoms with Crippen molar-refractivity contribution >= 4 is 17.6 Å². The number of benzene rings is 2. The molecule has 0 unspecified atom stereocenters. The van der Waals surface area contributed by atoms with E-state index in [-0.39, 0.29) is 30.3 Å². The summed E-state index contributed by atoms with van der Waals surface area (Å²) in [4.78, 5) is 37.2. The number of hydrogen-bond acceptors (Lipinski definition) is 5. The van der Waals surface area contributed by atoms with Crippen LogP contribution in [0.3, 0.4) is 0 Å². The maximum Gasteiger partial charge on any atom is 0.360 e. The first kappa shape index (κ1) is 19.0. The van der Waals surface area contributed by atoms with Crippen molar-refractivity contribution in [2.75, 3.05) is 11.9 Å². The zero-order valence-corrected chi connectivity index (χ0v) is 15.3. The average Bonchev–Trinajstić information content (AvgIpc) is 2.69. The molecular weight excluding hydrogens is 358 g/mol. The lowest BCUT2D eigenvalue weighted by Crippen LogP contribution is -2.27. The maximum absolute atomic E-state index is 12.5. The Balaban J connectivity index is 1.95. The van der Waals surface area contributed by atoms with Gasteiger partial charge in [-0.15, -0.1) is 0 Å². The molecule has 142 valence electrons. The summed E-state index contributed by atoms with van der Waals surface area (Å²) >= 11 is 0. The van der Waals surface area contributed by atoms with Crippen molar-refractivity contribution in [3.63, 3.8) is 0 Å². The monoisotopic (exact) mass is 377 g/mol. The van der Waals surface area contributed by atoms with Gasteiger partial charge in [-0.25, -0.2) is 4.79 Å². The molecule has 0 aliphatic rings. The number of nitrogens with zero attached hydrogens (tertiary/aromatic N) is 2. The number of aromatic nitrogens is 2. The van der Waals surface area contributed by atoms with Crippen molar-refractivity contribution in [3.05, 3.63) is 88.3 Å². The summed E-state index contributed by atoms with van der Waals surface area (Å²) in [6, 6.07) is 19.0. The highest BCUT2D eigenvalue weighted by Gasteiger charge is 2.20. The van der Waals surface area contributed by atoms with E-state index in [4.69, 9.17) is 4.74 Å². The van der Waals surface area contributed by atoms with Gasteiger partial charge in [0.1, 0.15) is 0 Å². The SMILES string of the molecule is CCOC(=O)c1nn(-c2ccccc2)c(=O)cc1NC(=O)Cc1ccccc1. The minimum absolute atomic E-state index is 0.0246. The van der Waals surface area contributed by atoms with Crippen molar-refractivity contribution in [2.45, 2.75) is 13.3 Å². The Morgan fingerprint density at radius 3 is 2.32 bits per heavy atom. The van der Waals surface area contributed by atoms with Crippen LogP contribution in [0.25, 0.3) is 5.69 Å². The summed E-state index contributed by atoms with van der Waals surface area (Å²) in [7, 11) is 0. The van der Waals surface area contributed by atoms with Crippen LogP contribution in [0.2, 0.25) is 0 Å². The molecule has 0 fully saturated rings. The zero-order chi connectivity index (χ0) is 19.9. The molecule has 0 spiro atoms. The number of para-hydroxylation sites is 1. The van der Waals surface area contributed by atoms with Crippen molar-refractivity contribution in [2.24, 2.45) is 0 Å². The predicted octanol–water partition coefficient (Wildman–Crippen LogP) is 2.59. The highest BCUT2D eigenvalue weighted by atomic mass is 16.5. The van der Waals surface area contributed by atoms with Gasteiger partial charge in [-0.1, -0.05) is 48.5 Å². The molecule has 0 aliphatic carbocycles. The lowest BCUT2D eigenvalue weighted by Gasteiger charge is -2.12. The van der Waals surface area contributed by atoms with Gasteiger partial charge in [0.15, 0.2) is 5.69 Å². The van der Waals surface area contributed by atoms with Crippen molar-refractivity contribution in [1.29, 1.82) is 0 Å². The van der Waals surface area contributed by atoms with E-state index in [2.05, 4.69) is 10.4 Å². The van der Waals surface area contributed by atoms with Crippen LogP contribution in [0.1, 0.15) is 23.0 Å². The van der Waals surface area contributed by atoms with Gasteiger partial charge < -0.3 is 10.1 Å². The molecule has 2 aromatic carbocycles. The van der Waals surface area contributed by atoms with Gasteiger partial charge in [0.2, 0.25) is 5.91 Å². The Kier molecular flexibility index (Phi) is 5.96. The summed E-state index contributed by atoms with van der Waals surface area (Å²) in [6.45, 7) is 1.81. The van der Waals surface area contributed by atoms with Crippen LogP contribution in [0.5, 0.6) is 0 Å². The normalized spacial score (nSPS) is 10.3. The van der Waals surface area contributed by atoms with E-state index in [0.717, 1.165) is 10.2 Å². The number of nitrogens with one attached hydrogen (secondary N) is 1. The smallest absolute Gasteiger partial charge is 0.360 e. The highest BCUT2D eigenvalue weighted by Crippen LogP contribution is 2.14. The van der Waals surface area contributed by atoms with Crippen LogP contribution >= 0.6 is 0 Å². The fourth-order valence-corrected chi connectivity index (χ4v) is 2.63. The van der Waals surface area contributed by atoms with Crippen molar-refractivity contribution < 1.29 is 14.3 Å². The van der Waals surface area contributed by atoms with Gasteiger partial charge in [0, 0.05) is 6.07 Å². The molecule has 0 saturated heterocycles. The summed E-state index contributed by atoms with van der Waals surface area (Å²) < 4.78 is 6.13. The van der Waals surface area contributed by atoms with E-state index < -0.39 is 11.5 Å². The Morgan fingerprint density at radius 2 is 1.68 bits per heavy atom. The first-order valence-corrected chi connectivity index (χ1v) is 8.79. The quantitative estimate of drug-likeness (QED) is 0.667. The fourth-order valence-electron chi connectivity index (χ4n) is 2.63. The first-order chi connectivity index (χ1) is 13.6. The maximum atomic E-state index is 12.5. The second-order valence-electron chi connectivity index (χ2n) is 5.92. The fraction of sp³-hybridized carbons (Fsp3) is 0.143. The molecule has 1 amide bonds. The molecule has 0 bridgehead atoms. The van der Waals surface area contributed by atoms with Crippen LogP contribution in [0.4, 0.5) is 5.69 Å². The molecule has 7 heteroatoms.